The van der Waals surface area contributed by atoms with Crippen LogP contribution in [0.15, 0.2) is 12.4 Å². The first-order chi connectivity index (χ1) is 7.40. The molecule has 4 heteroatoms. The van der Waals surface area contributed by atoms with Gasteiger partial charge in [0.1, 0.15) is 0 Å². The monoisotopic (exact) mass is 210 g/mol. The number of hydrogen-bond donors (Lipinski definition) is 0. The lowest BCUT2D eigenvalue weighted by Gasteiger charge is -2.20. The summed E-state index contributed by atoms with van der Waals surface area (Å²) in [4.78, 5) is 4.71. The van der Waals surface area contributed by atoms with Crippen LogP contribution >= 0.6 is 0 Å². The van der Waals surface area contributed by atoms with Crippen LogP contribution in [0.3, 0.4) is 0 Å². The van der Waals surface area contributed by atoms with Gasteiger partial charge in [-0.2, -0.15) is 0 Å². The Bertz CT molecular complexity index is 225. The fraction of sp³-hybridized carbons (Fsp3) is 0.818. The molecule has 0 spiro atoms. The molecule has 2 fully saturated rings. The molecule has 3 aliphatic rings. The second-order valence-electron chi connectivity index (χ2n) is 4.55. The number of rotatable bonds is 6. The number of ether oxygens (including phenoxy) is 2. The molecular weight excluding hydrogens is 192 g/mol. The summed E-state index contributed by atoms with van der Waals surface area (Å²) in [5, 5.41) is 0. The Hall–Kier alpha value is -0.740. The normalized spacial score (nSPS) is 32.5. The summed E-state index contributed by atoms with van der Waals surface area (Å²) >= 11 is 0. The molecular formula is C11H18N2O2. The van der Waals surface area contributed by atoms with Gasteiger partial charge in [0, 0.05) is 25.5 Å². The quantitative estimate of drug-likeness (QED) is 0.601. The summed E-state index contributed by atoms with van der Waals surface area (Å²) in [7, 11) is 0. The van der Waals surface area contributed by atoms with Gasteiger partial charge in [-0.3, -0.25) is 0 Å². The van der Waals surface area contributed by atoms with Crippen LogP contribution in [-0.2, 0) is 9.47 Å². The Morgan fingerprint density at radius 3 is 1.80 bits per heavy atom. The topological polar surface area (TPSA) is 31.5 Å². The first-order valence-electron chi connectivity index (χ1n) is 5.80. The Balaban J connectivity index is 1.32. The molecule has 2 unspecified atom stereocenters. The molecule has 84 valence electrons. The Kier molecular flexibility index (Phi) is 2.54. The lowest BCUT2D eigenvalue weighted by atomic mass is 10.3. The molecule has 0 aliphatic carbocycles. The Labute approximate surface area is 90.4 Å². The molecule has 4 nitrogen and oxygen atoms in total. The van der Waals surface area contributed by atoms with Crippen LogP contribution in [0, 0.1) is 0 Å². The summed E-state index contributed by atoms with van der Waals surface area (Å²) in [6, 6.07) is 0. The zero-order chi connectivity index (χ0) is 10.1. The van der Waals surface area contributed by atoms with Gasteiger partial charge in [-0.1, -0.05) is 0 Å². The average molecular weight is 210 g/mol. The van der Waals surface area contributed by atoms with E-state index < -0.39 is 0 Å². The number of epoxide rings is 2. The summed E-state index contributed by atoms with van der Waals surface area (Å²) in [6.07, 6.45) is 7.82. The third-order valence-corrected chi connectivity index (χ3v) is 3.13. The third-order valence-electron chi connectivity index (χ3n) is 3.13. The zero-order valence-corrected chi connectivity index (χ0v) is 8.97. The van der Waals surface area contributed by atoms with Gasteiger partial charge in [0.15, 0.2) is 0 Å². The van der Waals surface area contributed by atoms with E-state index in [1.54, 1.807) is 0 Å². The highest BCUT2D eigenvalue weighted by Crippen LogP contribution is 2.18. The van der Waals surface area contributed by atoms with Gasteiger partial charge >= 0.3 is 0 Å². The van der Waals surface area contributed by atoms with Gasteiger partial charge in [-0.25, -0.2) is 0 Å². The lowest BCUT2D eigenvalue weighted by molar-refractivity contribution is 0.245. The average Bonchev–Trinajstić information content (AvgIpc) is 3.14. The van der Waals surface area contributed by atoms with Crippen molar-refractivity contribution in [2.75, 3.05) is 33.0 Å². The van der Waals surface area contributed by atoms with Gasteiger partial charge in [0.05, 0.1) is 32.1 Å². The lowest BCUT2D eigenvalue weighted by Crippen LogP contribution is -2.27. The first kappa shape index (κ1) is 9.48. The molecule has 15 heavy (non-hydrogen) atoms. The molecule has 0 aromatic carbocycles. The SMILES string of the molecule is C1=CN(CCC2CO2)CN1CCC1CO1. The maximum Gasteiger partial charge on any atom is 0.0893 e. The molecule has 2 saturated heterocycles. The van der Waals surface area contributed by atoms with Gasteiger partial charge in [0.25, 0.3) is 0 Å². The van der Waals surface area contributed by atoms with Crippen molar-refractivity contribution >= 4 is 0 Å². The Morgan fingerprint density at radius 1 is 0.933 bits per heavy atom. The number of nitrogens with zero attached hydrogens (tertiary/aromatic N) is 2. The summed E-state index contributed by atoms with van der Waals surface area (Å²) in [6.45, 7) is 5.23. The second-order valence-corrected chi connectivity index (χ2v) is 4.55. The third kappa shape index (κ3) is 2.86. The minimum absolute atomic E-state index is 0.548. The van der Waals surface area contributed by atoms with E-state index in [9.17, 15) is 0 Å². The van der Waals surface area contributed by atoms with Crippen molar-refractivity contribution in [3.05, 3.63) is 12.4 Å². The molecule has 0 radical (unpaired) electrons. The molecule has 3 heterocycles. The predicted molar refractivity (Wildman–Crippen MR) is 56.1 cm³/mol. The zero-order valence-electron chi connectivity index (χ0n) is 8.97. The maximum atomic E-state index is 5.20. The van der Waals surface area contributed by atoms with Crippen molar-refractivity contribution < 1.29 is 9.47 Å². The van der Waals surface area contributed by atoms with E-state index in [1.165, 1.54) is 12.8 Å². The first-order valence-corrected chi connectivity index (χ1v) is 5.80. The van der Waals surface area contributed by atoms with Crippen molar-refractivity contribution in [1.82, 2.24) is 9.80 Å². The van der Waals surface area contributed by atoms with E-state index in [2.05, 4.69) is 22.2 Å². The second kappa shape index (κ2) is 4.02. The van der Waals surface area contributed by atoms with Crippen molar-refractivity contribution in [3.8, 4) is 0 Å². The van der Waals surface area contributed by atoms with Crippen molar-refractivity contribution in [3.63, 3.8) is 0 Å². The van der Waals surface area contributed by atoms with Gasteiger partial charge < -0.3 is 19.3 Å². The van der Waals surface area contributed by atoms with E-state index in [0.29, 0.717) is 12.2 Å². The molecule has 0 saturated carbocycles. The minimum atomic E-state index is 0.548. The molecule has 3 rings (SSSR count). The summed E-state index contributed by atoms with van der Waals surface area (Å²) < 4.78 is 10.4. The van der Waals surface area contributed by atoms with E-state index in [-0.39, 0.29) is 0 Å². The highest BCUT2D eigenvalue weighted by Gasteiger charge is 2.25. The van der Waals surface area contributed by atoms with Gasteiger partial charge in [-0.05, 0) is 12.8 Å². The van der Waals surface area contributed by atoms with Crippen LogP contribution in [0.2, 0.25) is 0 Å². The van der Waals surface area contributed by atoms with Crippen LogP contribution in [-0.4, -0.2) is 55.0 Å². The van der Waals surface area contributed by atoms with Crippen LogP contribution in [0.4, 0.5) is 0 Å². The standard InChI is InChI=1S/C11H18N2O2/c1(10-7-14-10)3-12-5-6-13(9-12)4-2-11-8-15-11/h5-6,10-11H,1-4,7-9H2. The fourth-order valence-electron chi connectivity index (χ4n) is 1.90. The summed E-state index contributed by atoms with van der Waals surface area (Å²) in [5.74, 6) is 0. The van der Waals surface area contributed by atoms with Crippen LogP contribution in [0.5, 0.6) is 0 Å². The Morgan fingerprint density at radius 2 is 1.40 bits per heavy atom. The molecule has 0 amide bonds. The van der Waals surface area contributed by atoms with E-state index in [0.717, 1.165) is 33.0 Å². The van der Waals surface area contributed by atoms with Gasteiger partial charge in [-0.15, -0.1) is 0 Å². The maximum absolute atomic E-state index is 5.20. The van der Waals surface area contributed by atoms with Crippen LogP contribution in [0.1, 0.15) is 12.8 Å². The van der Waals surface area contributed by atoms with Crippen molar-refractivity contribution in [1.29, 1.82) is 0 Å². The molecule has 0 aromatic heterocycles. The molecule has 2 atom stereocenters. The highest BCUT2D eigenvalue weighted by molar-refractivity contribution is 4.91. The predicted octanol–water partition coefficient (Wildman–Crippen LogP) is 0.610. The van der Waals surface area contributed by atoms with Crippen LogP contribution in [0.25, 0.3) is 0 Å². The van der Waals surface area contributed by atoms with Crippen LogP contribution < -0.4 is 0 Å². The van der Waals surface area contributed by atoms with Crippen molar-refractivity contribution in [2.24, 2.45) is 0 Å². The van der Waals surface area contributed by atoms with Crippen molar-refractivity contribution in [2.45, 2.75) is 25.0 Å². The smallest absolute Gasteiger partial charge is 0.0893 e. The van der Waals surface area contributed by atoms with E-state index in [4.69, 9.17) is 9.47 Å². The molecule has 0 N–H and O–H groups in total. The highest BCUT2D eigenvalue weighted by atomic mass is 16.6. The largest absolute Gasteiger partial charge is 0.373 e. The molecule has 3 aliphatic heterocycles. The van der Waals surface area contributed by atoms with Gasteiger partial charge in [0.2, 0.25) is 0 Å². The fourth-order valence-corrected chi connectivity index (χ4v) is 1.90. The van der Waals surface area contributed by atoms with E-state index >= 15 is 0 Å². The molecule has 0 bridgehead atoms. The minimum Gasteiger partial charge on any atom is -0.373 e. The van der Waals surface area contributed by atoms with E-state index in [1.807, 2.05) is 0 Å². The number of hydrogen-bond acceptors (Lipinski definition) is 4. The summed E-state index contributed by atoms with van der Waals surface area (Å²) in [5.41, 5.74) is 0. The molecule has 0 aromatic rings.